The van der Waals surface area contributed by atoms with E-state index in [2.05, 4.69) is 10.2 Å². The number of sulfone groups is 1. The average molecular weight is 238 g/mol. The zero-order valence-corrected chi connectivity index (χ0v) is 9.96. The van der Waals surface area contributed by atoms with E-state index in [1.165, 1.54) is 11.8 Å². The molecule has 0 unspecified atom stereocenters. The van der Waals surface area contributed by atoms with Gasteiger partial charge in [0.1, 0.15) is 0 Å². The zero-order valence-electron chi connectivity index (χ0n) is 7.51. The molecular formula is C6H10N2O2S3. The molecule has 4 nitrogen and oxygen atoms in total. The second-order valence-electron chi connectivity index (χ2n) is 2.77. The first-order valence-electron chi connectivity index (χ1n) is 3.60. The minimum Gasteiger partial charge on any atom is -0.221 e. The monoisotopic (exact) mass is 238 g/mol. The van der Waals surface area contributed by atoms with Crippen LogP contribution in [0.1, 0.15) is 13.8 Å². The third-order valence-corrected chi connectivity index (χ3v) is 4.72. The van der Waals surface area contributed by atoms with Gasteiger partial charge in [-0.1, -0.05) is 36.9 Å². The van der Waals surface area contributed by atoms with Crippen LogP contribution in [-0.4, -0.2) is 30.1 Å². The molecule has 13 heavy (non-hydrogen) atoms. The van der Waals surface area contributed by atoms with Gasteiger partial charge >= 0.3 is 0 Å². The van der Waals surface area contributed by atoms with Gasteiger partial charge in [0.05, 0.1) is 0 Å². The molecule has 1 aromatic heterocycles. The standard InChI is InChI=1S/C6H10N2O2S3/c1-4(2)11-5-7-8-6(12-5)13(3,9)10/h4H,1-3H3. The molecule has 0 bridgehead atoms. The van der Waals surface area contributed by atoms with Crippen molar-refractivity contribution >= 4 is 32.9 Å². The molecule has 7 heteroatoms. The second-order valence-corrected chi connectivity index (χ2v) is 7.76. The Kier molecular flexibility index (Phi) is 3.31. The van der Waals surface area contributed by atoms with Gasteiger partial charge in [-0.2, -0.15) is 0 Å². The average Bonchev–Trinajstić information content (AvgIpc) is 2.32. The summed E-state index contributed by atoms with van der Waals surface area (Å²) in [4.78, 5) is 0. The SMILES string of the molecule is CC(C)Sc1nnc(S(C)(=O)=O)s1. The fourth-order valence-corrected chi connectivity index (χ4v) is 3.60. The topological polar surface area (TPSA) is 59.9 Å². The molecule has 0 atom stereocenters. The lowest BCUT2D eigenvalue weighted by molar-refractivity contribution is 0.599. The van der Waals surface area contributed by atoms with Crippen LogP contribution < -0.4 is 0 Å². The van der Waals surface area contributed by atoms with Gasteiger partial charge in [0, 0.05) is 11.5 Å². The summed E-state index contributed by atoms with van der Waals surface area (Å²) in [6, 6.07) is 0. The van der Waals surface area contributed by atoms with Crippen molar-refractivity contribution in [2.75, 3.05) is 6.26 Å². The van der Waals surface area contributed by atoms with Crippen LogP contribution in [0.25, 0.3) is 0 Å². The molecule has 0 aliphatic carbocycles. The van der Waals surface area contributed by atoms with E-state index >= 15 is 0 Å². The van der Waals surface area contributed by atoms with E-state index in [1.54, 1.807) is 0 Å². The number of nitrogens with zero attached hydrogens (tertiary/aromatic N) is 2. The highest BCUT2D eigenvalue weighted by atomic mass is 32.2. The summed E-state index contributed by atoms with van der Waals surface area (Å²) in [7, 11) is -3.19. The van der Waals surface area contributed by atoms with Gasteiger partial charge in [0.25, 0.3) is 0 Å². The van der Waals surface area contributed by atoms with E-state index in [9.17, 15) is 8.42 Å². The lowest BCUT2D eigenvalue weighted by atomic mass is 10.6. The number of rotatable bonds is 3. The Hall–Kier alpha value is -0.140. The van der Waals surface area contributed by atoms with Crippen LogP contribution in [0, 0.1) is 0 Å². The van der Waals surface area contributed by atoms with Crippen LogP contribution in [0.5, 0.6) is 0 Å². The Labute approximate surface area is 85.7 Å². The highest BCUT2D eigenvalue weighted by Gasteiger charge is 2.14. The Morgan fingerprint density at radius 1 is 1.38 bits per heavy atom. The molecule has 0 N–H and O–H groups in total. The van der Waals surface area contributed by atoms with Crippen molar-refractivity contribution in [3.8, 4) is 0 Å². The molecule has 1 rings (SSSR count). The molecule has 0 aromatic carbocycles. The van der Waals surface area contributed by atoms with E-state index in [0.29, 0.717) is 9.59 Å². The predicted molar refractivity (Wildman–Crippen MR) is 54.0 cm³/mol. The van der Waals surface area contributed by atoms with Gasteiger partial charge in [-0.3, -0.25) is 0 Å². The van der Waals surface area contributed by atoms with Gasteiger partial charge in [0.2, 0.25) is 14.2 Å². The number of thioether (sulfide) groups is 1. The maximum Gasteiger partial charge on any atom is 0.233 e. The molecule has 0 radical (unpaired) electrons. The summed E-state index contributed by atoms with van der Waals surface area (Å²) in [5.41, 5.74) is 0. The first-order valence-corrected chi connectivity index (χ1v) is 7.18. The summed E-state index contributed by atoms with van der Waals surface area (Å²) in [5.74, 6) is 0. The Bertz CT molecular complexity index is 382. The van der Waals surface area contributed by atoms with Crippen molar-refractivity contribution in [2.45, 2.75) is 27.8 Å². The fraction of sp³-hybridized carbons (Fsp3) is 0.667. The zero-order chi connectivity index (χ0) is 10.1. The van der Waals surface area contributed by atoms with Crippen LogP contribution in [0.2, 0.25) is 0 Å². The molecule has 0 aliphatic heterocycles. The summed E-state index contributed by atoms with van der Waals surface area (Å²) in [6.45, 7) is 4.04. The number of hydrogen-bond acceptors (Lipinski definition) is 6. The van der Waals surface area contributed by atoms with Crippen LogP contribution in [0.4, 0.5) is 0 Å². The Morgan fingerprint density at radius 2 is 2.00 bits per heavy atom. The van der Waals surface area contributed by atoms with E-state index < -0.39 is 9.84 Å². The lowest BCUT2D eigenvalue weighted by Gasteiger charge is -1.96. The van der Waals surface area contributed by atoms with Crippen molar-refractivity contribution in [3.63, 3.8) is 0 Å². The largest absolute Gasteiger partial charge is 0.233 e. The molecular weight excluding hydrogens is 228 g/mol. The molecule has 0 aliphatic rings. The maximum atomic E-state index is 11.0. The molecule has 0 saturated heterocycles. The lowest BCUT2D eigenvalue weighted by Crippen LogP contribution is -1.95. The first-order chi connectivity index (χ1) is 5.89. The van der Waals surface area contributed by atoms with Crippen molar-refractivity contribution in [1.82, 2.24) is 10.2 Å². The van der Waals surface area contributed by atoms with Gasteiger partial charge in [-0.05, 0) is 0 Å². The Balaban J connectivity index is 2.88. The number of hydrogen-bond donors (Lipinski definition) is 0. The smallest absolute Gasteiger partial charge is 0.221 e. The molecule has 0 saturated carbocycles. The minimum atomic E-state index is -3.19. The third kappa shape index (κ3) is 3.24. The van der Waals surface area contributed by atoms with E-state index in [-0.39, 0.29) is 4.34 Å². The summed E-state index contributed by atoms with van der Waals surface area (Å²) in [6.07, 6.45) is 1.14. The Morgan fingerprint density at radius 3 is 2.38 bits per heavy atom. The maximum absolute atomic E-state index is 11.0. The second kappa shape index (κ2) is 3.93. The van der Waals surface area contributed by atoms with Crippen LogP contribution in [0.15, 0.2) is 8.68 Å². The van der Waals surface area contributed by atoms with Gasteiger partial charge in [-0.15, -0.1) is 10.2 Å². The van der Waals surface area contributed by atoms with Crippen LogP contribution >= 0.6 is 23.1 Å². The third-order valence-electron chi connectivity index (χ3n) is 1.04. The van der Waals surface area contributed by atoms with Gasteiger partial charge in [0.15, 0.2) is 4.34 Å². The van der Waals surface area contributed by atoms with E-state index in [0.717, 1.165) is 17.6 Å². The molecule has 1 heterocycles. The van der Waals surface area contributed by atoms with Crippen molar-refractivity contribution in [3.05, 3.63) is 0 Å². The molecule has 74 valence electrons. The minimum absolute atomic E-state index is 0.0932. The molecule has 0 spiro atoms. The summed E-state index contributed by atoms with van der Waals surface area (Å²) >= 11 is 2.64. The molecule has 1 aromatic rings. The summed E-state index contributed by atoms with van der Waals surface area (Å²) < 4.78 is 22.9. The van der Waals surface area contributed by atoms with Crippen molar-refractivity contribution < 1.29 is 8.42 Å². The molecule has 0 amide bonds. The highest BCUT2D eigenvalue weighted by Crippen LogP contribution is 2.27. The normalized spacial score (nSPS) is 12.3. The van der Waals surface area contributed by atoms with E-state index in [1.807, 2.05) is 13.8 Å². The number of aromatic nitrogens is 2. The quantitative estimate of drug-likeness (QED) is 0.746. The van der Waals surface area contributed by atoms with Crippen molar-refractivity contribution in [1.29, 1.82) is 0 Å². The predicted octanol–water partition coefficient (Wildman–Crippen LogP) is 1.44. The van der Waals surface area contributed by atoms with Crippen LogP contribution in [-0.2, 0) is 9.84 Å². The van der Waals surface area contributed by atoms with E-state index in [4.69, 9.17) is 0 Å². The van der Waals surface area contributed by atoms with Crippen molar-refractivity contribution in [2.24, 2.45) is 0 Å². The fourth-order valence-electron chi connectivity index (χ4n) is 0.596. The first kappa shape index (κ1) is 10.9. The van der Waals surface area contributed by atoms with Crippen LogP contribution in [0.3, 0.4) is 0 Å². The highest BCUT2D eigenvalue weighted by molar-refractivity contribution is 8.02. The van der Waals surface area contributed by atoms with Gasteiger partial charge in [-0.25, -0.2) is 8.42 Å². The molecule has 0 fully saturated rings. The summed E-state index contributed by atoms with van der Waals surface area (Å²) in [5, 5.41) is 7.76. The van der Waals surface area contributed by atoms with Gasteiger partial charge < -0.3 is 0 Å².